The third-order valence-corrected chi connectivity index (χ3v) is 10.8. The molecular weight excluding hydrogens is 650 g/mol. The number of carbonyl (C=O) groups excluding carboxylic acids is 6. The number of ether oxygens (including phenoxy) is 1. The van der Waals surface area contributed by atoms with E-state index in [9.17, 15) is 28.8 Å². The van der Waals surface area contributed by atoms with Gasteiger partial charge in [-0.1, -0.05) is 79.7 Å². The second-order valence-electron chi connectivity index (χ2n) is 17.3. The first-order valence-corrected chi connectivity index (χ1v) is 19.1. The molecule has 4 N–H and O–H groups in total. The lowest BCUT2D eigenvalue weighted by atomic mass is 9.72. The molecular formula is C39H65N5O7. The molecule has 1 heterocycles. The highest BCUT2D eigenvalue weighted by molar-refractivity contribution is 6.38. The van der Waals surface area contributed by atoms with E-state index in [1.54, 1.807) is 25.7 Å². The fraction of sp³-hybridized carbons (Fsp3) is 0.795. The van der Waals surface area contributed by atoms with Gasteiger partial charge in [-0.05, 0) is 82.0 Å². The molecule has 5 amide bonds. The summed E-state index contributed by atoms with van der Waals surface area (Å²) in [5, 5.41) is 11.4. The third-order valence-electron chi connectivity index (χ3n) is 10.8. The quantitative estimate of drug-likeness (QED) is 0.140. The van der Waals surface area contributed by atoms with Gasteiger partial charge in [0, 0.05) is 13.1 Å². The van der Waals surface area contributed by atoms with Crippen LogP contribution in [0.3, 0.4) is 0 Å². The third kappa shape index (κ3) is 11.0. The fourth-order valence-corrected chi connectivity index (χ4v) is 7.72. The standard InChI is InChI=1S/C39H65N5O7/c1-11-21-40-33(47)30(45)28(23-25-18-19-25)41-32(46)29-27(24(3)4)20-22-44(29)34(48)31(37(5,6)7)42-35(49)39(12-2,26-16-14-13-15-17-26)43-36(50)51-38(8,9)10/h11,24-29,31H,1,12-23H2,2-10H3,(H,40,47)(H,41,46)(H,42,49)(H,43,50)/t27-,28?,29+,31-,39+/m1/s1. The molecule has 288 valence electrons. The summed E-state index contributed by atoms with van der Waals surface area (Å²) >= 11 is 0. The summed E-state index contributed by atoms with van der Waals surface area (Å²) < 4.78 is 5.62. The smallest absolute Gasteiger partial charge is 0.408 e. The second kappa shape index (κ2) is 17.4. The zero-order valence-electron chi connectivity index (χ0n) is 32.6. The number of nitrogens with zero attached hydrogens (tertiary/aromatic N) is 1. The van der Waals surface area contributed by atoms with Crippen molar-refractivity contribution in [1.29, 1.82) is 0 Å². The maximum atomic E-state index is 14.7. The van der Waals surface area contributed by atoms with Gasteiger partial charge in [0.05, 0.1) is 6.04 Å². The van der Waals surface area contributed by atoms with Crippen molar-refractivity contribution < 1.29 is 33.5 Å². The largest absolute Gasteiger partial charge is 0.444 e. The van der Waals surface area contributed by atoms with Crippen LogP contribution in [0, 0.1) is 29.1 Å². The molecule has 0 spiro atoms. The Morgan fingerprint density at radius 1 is 0.902 bits per heavy atom. The Labute approximate surface area is 305 Å². The molecule has 1 saturated heterocycles. The lowest BCUT2D eigenvalue weighted by Crippen LogP contribution is -2.67. The van der Waals surface area contributed by atoms with Crippen LogP contribution >= 0.6 is 0 Å². The summed E-state index contributed by atoms with van der Waals surface area (Å²) in [4.78, 5) is 84.2. The number of rotatable bonds is 15. The van der Waals surface area contributed by atoms with E-state index in [4.69, 9.17) is 4.74 Å². The molecule has 2 saturated carbocycles. The first-order chi connectivity index (χ1) is 23.8. The minimum absolute atomic E-state index is 0.0340. The molecule has 12 heteroatoms. The Morgan fingerprint density at radius 2 is 1.53 bits per heavy atom. The highest BCUT2D eigenvalue weighted by atomic mass is 16.6. The number of likely N-dealkylation sites (tertiary alicyclic amines) is 1. The topological polar surface area (TPSA) is 163 Å². The lowest BCUT2D eigenvalue weighted by molar-refractivity contribution is -0.147. The molecule has 1 unspecified atom stereocenters. The Balaban J connectivity index is 1.94. The summed E-state index contributed by atoms with van der Waals surface area (Å²) in [5.41, 5.74) is -2.85. The van der Waals surface area contributed by atoms with Crippen LogP contribution < -0.4 is 21.3 Å². The Hall–Kier alpha value is -3.44. The van der Waals surface area contributed by atoms with E-state index >= 15 is 0 Å². The van der Waals surface area contributed by atoms with Gasteiger partial charge in [0.1, 0.15) is 23.2 Å². The van der Waals surface area contributed by atoms with Gasteiger partial charge in [-0.3, -0.25) is 24.0 Å². The van der Waals surface area contributed by atoms with Crippen molar-refractivity contribution in [1.82, 2.24) is 26.2 Å². The van der Waals surface area contributed by atoms with Crippen LogP contribution in [0.15, 0.2) is 12.7 Å². The average molecular weight is 716 g/mol. The predicted molar refractivity (Wildman–Crippen MR) is 196 cm³/mol. The molecule has 3 rings (SSSR count). The molecule has 0 aromatic heterocycles. The number of carbonyl (C=O) groups is 6. The highest BCUT2D eigenvalue weighted by Gasteiger charge is 2.51. The van der Waals surface area contributed by atoms with E-state index in [0.29, 0.717) is 25.8 Å². The van der Waals surface area contributed by atoms with Gasteiger partial charge < -0.3 is 30.9 Å². The van der Waals surface area contributed by atoms with E-state index in [-0.39, 0.29) is 30.2 Å². The van der Waals surface area contributed by atoms with Crippen LogP contribution in [0.25, 0.3) is 0 Å². The summed E-state index contributed by atoms with van der Waals surface area (Å²) in [5.74, 6) is -2.92. The van der Waals surface area contributed by atoms with Crippen LogP contribution in [0.2, 0.25) is 0 Å². The van der Waals surface area contributed by atoms with E-state index < -0.39 is 70.2 Å². The van der Waals surface area contributed by atoms with Crippen molar-refractivity contribution >= 4 is 35.5 Å². The first kappa shape index (κ1) is 42.0. The number of amides is 5. The number of hydrogen-bond donors (Lipinski definition) is 4. The molecule has 3 aliphatic rings. The predicted octanol–water partition coefficient (Wildman–Crippen LogP) is 4.80. The van der Waals surface area contributed by atoms with E-state index in [0.717, 1.165) is 44.9 Å². The summed E-state index contributed by atoms with van der Waals surface area (Å²) in [6.07, 6.45) is 8.27. The van der Waals surface area contributed by atoms with Gasteiger partial charge in [-0.25, -0.2) is 4.79 Å². The van der Waals surface area contributed by atoms with Crippen molar-refractivity contribution in [3.8, 4) is 0 Å². The molecule has 5 atom stereocenters. The maximum Gasteiger partial charge on any atom is 0.408 e. The SMILES string of the molecule is C=CCNC(=O)C(=O)C(CC1CC1)NC(=O)[C@@H]1[C@@H](C(C)C)CCN1C(=O)[C@@H](NC(=O)[C@@](CC)(NC(=O)OC(C)(C)C)C1CCCCC1)C(C)(C)C. The molecule has 3 fully saturated rings. The van der Waals surface area contributed by atoms with Crippen molar-refractivity contribution in [2.24, 2.45) is 29.1 Å². The van der Waals surface area contributed by atoms with E-state index in [2.05, 4.69) is 27.8 Å². The summed E-state index contributed by atoms with van der Waals surface area (Å²) in [6.45, 7) is 20.8. The van der Waals surface area contributed by atoms with Gasteiger partial charge in [-0.15, -0.1) is 6.58 Å². The van der Waals surface area contributed by atoms with E-state index in [1.807, 2.05) is 41.5 Å². The minimum Gasteiger partial charge on any atom is -0.444 e. The zero-order chi connectivity index (χ0) is 38.3. The van der Waals surface area contributed by atoms with Crippen molar-refractivity contribution in [2.75, 3.05) is 13.1 Å². The first-order valence-electron chi connectivity index (χ1n) is 19.1. The zero-order valence-corrected chi connectivity index (χ0v) is 32.6. The number of alkyl carbamates (subject to hydrolysis) is 1. The lowest BCUT2D eigenvalue weighted by Gasteiger charge is -2.44. The average Bonchev–Trinajstić information content (AvgIpc) is 3.75. The van der Waals surface area contributed by atoms with E-state index in [1.165, 1.54) is 6.08 Å². The van der Waals surface area contributed by atoms with Crippen LogP contribution in [0.4, 0.5) is 4.79 Å². The molecule has 0 radical (unpaired) electrons. The number of ketones is 1. The molecule has 0 bridgehead atoms. The Bertz CT molecular complexity index is 1290. The van der Waals surface area contributed by atoms with Crippen LogP contribution in [-0.2, 0) is 28.7 Å². The molecule has 0 aromatic carbocycles. The Kier molecular flexibility index (Phi) is 14.3. The van der Waals surface area contributed by atoms with Crippen molar-refractivity contribution in [3.05, 3.63) is 12.7 Å². The Morgan fingerprint density at radius 3 is 2.04 bits per heavy atom. The van der Waals surface area contributed by atoms with Crippen LogP contribution in [-0.4, -0.2) is 82.8 Å². The monoisotopic (exact) mass is 715 g/mol. The number of nitrogens with one attached hydrogen (secondary N) is 4. The summed E-state index contributed by atoms with van der Waals surface area (Å²) in [6, 6.07) is -2.95. The van der Waals surface area contributed by atoms with Gasteiger partial charge in [0.2, 0.25) is 23.5 Å². The fourth-order valence-electron chi connectivity index (χ4n) is 7.72. The van der Waals surface area contributed by atoms with Crippen molar-refractivity contribution in [2.45, 2.75) is 156 Å². The molecule has 12 nitrogen and oxygen atoms in total. The van der Waals surface area contributed by atoms with Gasteiger partial charge >= 0.3 is 6.09 Å². The maximum absolute atomic E-state index is 14.7. The molecule has 51 heavy (non-hydrogen) atoms. The number of hydrogen-bond acceptors (Lipinski definition) is 7. The van der Waals surface area contributed by atoms with Gasteiger partial charge in [0.25, 0.3) is 5.91 Å². The molecule has 0 aromatic rings. The molecule has 1 aliphatic heterocycles. The highest BCUT2D eigenvalue weighted by Crippen LogP contribution is 2.38. The van der Waals surface area contributed by atoms with Gasteiger partial charge in [0.15, 0.2) is 0 Å². The van der Waals surface area contributed by atoms with Gasteiger partial charge in [-0.2, -0.15) is 0 Å². The normalized spacial score (nSPS) is 22.3. The van der Waals surface area contributed by atoms with Crippen LogP contribution in [0.5, 0.6) is 0 Å². The summed E-state index contributed by atoms with van der Waals surface area (Å²) in [7, 11) is 0. The van der Waals surface area contributed by atoms with Crippen LogP contribution in [0.1, 0.15) is 127 Å². The van der Waals surface area contributed by atoms with Crippen molar-refractivity contribution in [3.63, 3.8) is 0 Å². The second-order valence-corrected chi connectivity index (χ2v) is 17.3. The number of Topliss-reactive ketones (excluding diaryl/α,β-unsaturated/α-hetero) is 1. The minimum atomic E-state index is -1.31. The molecule has 2 aliphatic carbocycles.